The van der Waals surface area contributed by atoms with Gasteiger partial charge in [-0.2, -0.15) is 4.98 Å². The van der Waals surface area contributed by atoms with E-state index < -0.39 is 0 Å². The summed E-state index contributed by atoms with van der Waals surface area (Å²) in [4.78, 5) is 11.7. The van der Waals surface area contributed by atoms with E-state index in [9.17, 15) is 0 Å². The van der Waals surface area contributed by atoms with E-state index >= 15 is 0 Å². The lowest BCUT2D eigenvalue weighted by atomic mass is 10.2. The fraction of sp³-hybridized carbons (Fsp3) is 0.400. The van der Waals surface area contributed by atoms with Gasteiger partial charge in [0, 0.05) is 24.4 Å². The van der Waals surface area contributed by atoms with Gasteiger partial charge in [0.2, 0.25) is 5.28 Å². The van der Waals surface area contributed by atoms with Crippen LogP contribution in [-0.2, 0) is 0 Å². The van der Waals surface area contributed by atoms with Gasteiger partial charge in [-0.1, -0.05) is 0 Å². The first kappa shape index (κ1) is 11.0. The van der Waals surface area contributed by atoms with Crippen LogP contribution in [0.2, 0.25) is 5.28 Å². The molecule has 1 aliphatic carbocycles. The van der Waals surface area contributed by atoms with Crippen molar-refractivity contribution in [1.82, 2.24) is 9.97 Å². The molecule has 1 aromatic heterocycles. The van der Waals surface area contributed by atoms with Crippen LogP contribution in [0.3, 0.4) is 0 Å². The van der Waals surface area contributed by atoms with Crippen LogP contribution >= 0.6 is 11.6 Å². The van der Waals surface area contributed by atoms with Crippen molar-refractivity contribution in [3.8, 4) is 0 Å². The SMILES string of the molecule is N=C(CC(N)=Nc1ccnc(Cl)n1)C1CC1. The molecule has 0 saturated heterocycles. The highest BCUT2D eigenvalue weighted by atomic mass is 35.5. The van der Waals surface area contributed by atoms with Gasteiger partial charge < -0.3 is 11.1 Å². The third-order valence-electron chi connectivity index (χ3n) is 2.31. The molecule has 0 atom stereocenters. The molecule has 0 aliphatic heterocycles. The Bertz CT molecular complexity index is 439. The lowest BCUT2D eigenvalue weighted by molar-refractivity contribution is 1.11. The number of amidine groups is 1. The minimum Gasteiger partial charge on any atom is -0.387 e. The predicted octanol–water partition coefficient (Wildman–Crippen LogP) is 1.94. The first-order chi connectivity index (χ1) is 7.65. The summed E-state index contributed by atoms with van der Waals surface area (Å²) in [6.07, 6.45) is 4.14. The Labute approximate surface area is 98.3 Å². The lowest BCUT2D eigenvalue weighted by Crippen LogP contribution is -2.17. The Kier molecular flexibility index (Phi) is 3.14. The summed E-state index contributed by atoms with van der Waals surface area (Å²) in [5.41, 5.74) is 6.38. The van der Waals surface area contributed by atoms with Crippen molar-refractivity contribution in [2.45, 2.75) is 19.3 Å². The molecule has 0 bridgehead atoms. The summed E-state index contributed by atoms with van der Waals surface area (Å²) in [6, 6.07) is 1.62. The van der Waals surface area contributed by atoms with Gasteiger partial charge in [-0.25, -0.2) is 9.98 Å². The molecule has 0 unspecified atom stereocenters. The van der Waals surface area contributed by atoms with E-state index in [2.05, 4.69) is 15.0 Å². The van der Waals surface area contributed by atoms with E-state index in [-0.39, 0.29) is 5.28 Å². The molecule has 0 radical (unpaired) electrons. The first-order valence-electron chi connectivity index (χ1n) is 5.04. The highest BCUT2D eigenvalue weighted by Gasteiger charge is 2.26. The highest BCUT2D eigenvalue weighted by molar-refractivity contribution is 6.28. The van der Waals surface area contributed by atoms with E-state index in [4.69, 9.17) is 22.7 Å². The second-order valence-electron chi connectivity index (χ2n) is 3.76. The van der Waals surface area contributed by atoms with Crippen LogP contribution < -0.4 is 5.73 Å². The van der Waals surface area contributed by atoms with Crippen molar-refractivity contribution in [2.75, 3.05) is 0 Å². The Morgan fingerprint density at radius 2 is 2.38 bits per heavy atom. The number of aliphatic imine (C=N–C) groups is 1. The molecular weight excluding hydrogens is 226 g/mol. The zero-order valence-corrected chi connectivity index (χ0v) is 9.41. The molecule has 3 N–H and O–H groups in total. The molecule has 0 aromatic carbocycles. The topological polar surface area (TPSA) is 88.0 Å². The lowest BCUT2D eigenvalue weighted by Gasteiger charge is -2.01. The first-order valence-corrected chi connectivity index (χ1v) is 5.42. The van der Waals surface area contributed by atoms with Crippen LogP contribution in [0.1, 0.15) is 19.3 Å². The Morgan fingerprint density at radius 3 is 3.00 bits per heavy atom. The molecular formula is C10H12ClN5. The van der Waals surface area contributed by atoms with Crippen LogP contribution in [0.15, 0.2) is 17.3 Å². The number of hydrogen-bond donors (Lipinski definition) is 2. The molecule has 1 fully saturated rings. The zero-order chi connectivity index (χ0) is 11.5. The number of nitrogens with zero attached hydrogens (tertiary/aromatic N) is 3. The number of rotatable bonds is 4. The van der Waals surface area contributed by atoms with Crippen LogP contribution in [0.25, 0.3) is 0 Å². The minimum atomic E-state index is 0.145. The summed E-state index contributed by atoms with van der Waals surface area (Å²) < 4.78 is 0. The van der Waals surface area contributed by atoms with Crippen molar-refractivity contribution >= 4 is 29.0 Å². The van der Waals surface area contributed by atoms with Crippen molar-refractivity contribution in [3.05, 3.63) is 17.5 Å². The fourth-order valence-electron chi connectivity index (χ4n) is 1.35. The Hall–Kier alpha value is -1.49. The minimum absolute atomic E-state index is 0.145. The monoisotopic (exact) mass is 237 g/mol. The molecule has 2 rings (SSSR count). The number of hydrogen-bond acceptors (Lipinski definition) is 4. The summed E-state index contributed by atoms with van der Waals surface area (Å²) in [7, 11) is 0. The fourth-order valence-corrected chi connectivity index (χ4v) is 1.49. The Balaban J connectivity index is 2.02. The average Bonchev–Trinajstić information content (AvgIpc) is 2.99. The van der Waals surface area contributed by atoms with Gasteiger partial charge in [0.15, 0.2) is 5.82 Å². The van der Waals surface area contributed by atoms with Crippen molar-refractivity contribution in [2.24, 2.45) is 16.6 Å². The average molecular weight is 238 g/mol. The van der Waals surface area contributed by atoms with Gasteiger partial charge in [-0.15, -0.1) is 0 Å². The van der Waals surface area contributed by atoms with Crippen LogP contribution in [0.4, 0.5) is 5.82 Å². The van der Waals surface area contributed by atoms with E-state index in [1.54, 1.807) is 6.07 Å². The van der Waals surface area contributed by atoms with Gasteiger partial charge in [-0.3, -0.25) is 0 Å². The molecule has 1 saturated carbocycles. The largest absolute Gasteiger partial charge is 0.387 e. The van der Waals surface area contributed by atoms with Gasteiger partial charge in [0.25, 0.3) is 0 Å². The molecule has 6 heteroatoms. The number of aromatic nitrogens is 2. The summed E-state index contributed by atoms with van der Waals surface area (Å²) in [6.45, 7) is 0. The van der Waals surface area contributed by atoms with Crippen molar-refractivity contribution in [3.63, 3.8) is 0 Å². The van der Waals surface area contributed by atoms with E-state index in [1.807, 2.05) is 0 Å². The number of nitrogens with two attached hydrogens (primary N) is 1. The van der Waals surface area contributed by atoms with Gasteiger partial charge >= 0.3 is 0 Å². The maximum Gasteiger partial charge on any atom is 0.224 e. The maximum atomic E-state index is 7.72. The second kappa shape index (κ2) is 4.57. The number of halogens is 1. The molecule has 5 nitrogen and oxygen atoms in total. The quantitative estimate of drug-likeness (QED) is 0.477. The standard InChI is InChI=1S/C10H12ClN5/c11-10-14-4-3-9(16-10)15-8(13)5-7(12)6-1-2-6/h3-4,6,12H,1-2,5H2,(H2,13,14,15,16). The maximum absolute atomic E-state index is 7.72. The highest BCUT2D eigenvalue weighted by Crippen LogP contribution is 2.31. The van der Waals surface area contributed by atoms with Crippen molar-refractivity contribution in [1.29, 1.82) is 5.41 Å². The van der Waals surface area contributed by atoms with Gasteiger partial charge in [-0.05, 0) is 30.4 Å². The zero-order valence-electron chi connectivity index (χ0n) is 8.65. The molecule has 16 heavy (non-hydrogen) atoms. The van der Waals surface area contributed by atoms with Gasteiger partial charge in [0.1, 0.15) is 5.84 Å². The molecule has 0 amide bonds. The molecule has 0 spiro atoms. The van der Waals surface area contributed by atoms with E-state index in [0.29, 0.717) is 29.7 Å². The van der Waals surface area contributed by atoms with Crippen molar-refractivity contribution < 1.29 is 0 Å². The molecule has 1 aliphatic rings. The summed E-state index contributed by atoms with van der Waals surface area (Å²) >= 11 is 5.62. The molecule has 84 valence electrons. The third kappa shape index (κ3) is 3.00. The Morgan fingerprint density at radius 1 is 1.62 bits per heavy atom. The molecule has 1 aromatic rings. The van der Waals surface area contributed by atoms with Crippen LogP contribution in [-0.4, -0.2) is 21.5 Å². The van der Waals surface area contributed by atoms with Crippen LogP contribution in [0, 0.1) is 11.3 Å². The summed E-state index contributed by atoms with van der Waals surface area (Å²) in [5, 5.41) is 7.87. The predicted molar refractivity (Wildman–Crippen MR) is 63.4 cm³/mol. The summed E-state index contributed by atoms with van der Waals surface area (Å²) in [5.74, 6) is 1.25. The van der Waals surface area contributed by atoms with Crippen LogP contribution in [0.5, 0.6) is 0 Å². The van der Waals surface area contributed by atoms with E-state index in [1.165, 1.54) is 6.20 Å². The van der Waals surface area contributed by atoms with E-state index in [0.717, 1.165) is 12.8 Å². The second-order valence-corrected chi connectivity index (χ2v) is 4.10. The third-order valence-corrected chi connectivity index (χ3v) is 2.49. The van der Waals surface area contributed by atoms with Gasteiger partial charge in [0.05, 0.1) is 0 Å². The normalized spacial score (nSPS) is 16.2. The smallest absolute Gasteiger partial charge is 0.224 e. The molecule has 1 heterocycles. The number of nitrogens with one attached hydrogen (secondary N) is 1.